The minimum atomic E-state index is 0.157. The zero-order chi connectivity index (χ0) is 14.9. The maximum Gasteiger partial charge on any atom is 0.115 e. The van der Waals surface area contributed by atoms with Gasteiger partial charge in [0.2, 0.25) is 0 Å². The van der Waals surface area contributed by atoms with E-state index in [0.29, 0.717) is 5.75 Å². The standard InChI is InChI=1S/C16H17N5O/c22-13-3-1-2-11(6-13)14-8-21(7-12-4-5-19-20-12)9-15-16(14)18-10-17-15/h1-6,10,14,22H,7-9H2,(H,17,18)(H,19,20). The van der Waals surface area contributed by atoms with Crippen molar-refractivity contribution in [1.29, 1.82) is 0 Å². The average Bonchev–Trinajstić information content (AvgIpc) is 3.17. The first-order valence-corrected chi connectivity index (χ1v) is 7.31. The van der Waals surface area contributed by atoms with Gasteiger partial charge in [-0.15, -0.1) is 0 Å². The van der Waals surface area contributed by atoms with Gasteiger partial charge in [-0.1, -0.05) is 12.1 Å². The molecule has 6 nitrogen and oxygen atoms in total. The Morgan fingerprint density at radius 1 is 1.32 bits per heavy atom. The van der Waals surface area contributed by atoms with E-state index in [1.165, 1.54) is 0 Å². The minimum Gasteiger partial charge on any atom is -0.508 e. The fourth-order valence-corrected chi connectivity index (χ4v) is 3.13. The summed E-state index contributed by atoms with van der Waals surface area (Å²) in [5, 5.41) is 16.8. The molecule has 0 fully saturated rings. The van der Waals surface area contributed by atoms with Crippen LogP contribution in [0.25, 0.3) is 0 Å². The molecule has 1 aromatic carbocycles. The smallest absolute Gasteiger partial charge is 0.115 e. The average molecular weight is 295 g/mol. The first kappa shape index (κ1) is 13.1. The van der Waals surface area contributed by atoms with Crippen LogP contribution in [-0.4, -0.2) is 36.7 Å². The van der Waals surface area contributed by atoms with Crippen LogP contribution >= 0.6 is 0 Å². The van der Waals surface area contributed by atoms with E-state index in [0.717, 1.165) is 42.3 Å². The summed E-state index contributed by atoms with van der Waals surface area (Å²) >= 11 is 0. The zero-order valence-electron chi connectivity index (χ0n) is 12.0. The van der Waals surface area contributed by atoms with Crippen LogP contribution in [0.1, 0.15) is 28.6 Å². The Morgan fingerprint density at radius 3 is 3.09 bits per heavy atom. The van der Waals surface area contributed by atoms with Crippen LogP contribution in [0, 0.1) is 0 Å². The molecule has 6 heteroatoms. The van der Waals surface area contributed by atoms with Gasteiger partial charge in [-0.05, 0) is 23.8 Å². The van der Waals surface area contributed by atoms with Gasteiger partial charge in [0.1, 0.15) is 5.75 Å². The first-order valence-electron chi connectivity index (χ1n) is 7.31. The molecule has 0 aliphatic carbocycles. The SMILES string of the molecule is Oc1cccc(C2CN(Cc3ccn[nH]3)Cc3[nH]cnc32)c1. The third kappa shape index (κ3) is 2.37. The van der Waals surface area contributed by atoms with Gasteiger partial charge < -0.3 is 10.1 Å². The van der Waals surface area contributed by atoms with E-state index in [9.17, 15) is 5.11 Å². The number of aromatic nitrogens is 4. The third-order valence-corrected chi connectivity index (χ3v) is 4.13. The second-order valence-electron chi connectivity index (χ2n) is 5.67. The molecule has 0 spiro atoms. The van der Waals surface area contributed by atoms with Crippen LogP contribution in [0.3, 0.4) is 0 Å². The molecule has 112 valence electrons. The fraction of sp³-hybridized carbons (Fsp3) is 0.250. The summed E-state index contributed by atoms with van der Waals surface area (Å²) in [4.78, 5) is 10.1. The van der Waals surface area contributed by atoms with Crippen molar-refractivity contribution in [3.05, 3.63) is 65.5 Å². The quantitative estimate of drug-likeness (QED) is 0.690. The van der Waals surface area contributed by atoms with Crippen molar-refractivity contribution in [2.24, 2.45) is 0 Å². The van der Waals surface area contributed by atoms with Gasteiger partial charge in [0.25, 0.3) is 0 Å². The number of hydrogen-bond donors (Lipinski definition) is 3. The molecular formula is C16H17N5O. The minimum absolute atomic E-state index is 0.157. The van der Waals surface area contributed by atoms with Gasteiger partial charge in [-0.3, -0.25) is 10.00 Å². The highest BCUT2D eigenvalue weighted by atomic mass is 16.3. The van der Waals surface area contributed by atoms with Gasteiger partial charge >= 0.3 is 0 Å². The number of phenolic OH excluding ortho intramolecular Hbond substituents is 1. The summed E-state index contributed by atoms with van der Waals surface area (Å²) in [6.07, 6.45) is 3.52. The lowest BCUT2D eigenvalue weighted by Gasteiger charge is -2.31. The summed E-state index contributed by atoms with van der Waals surface area (Å²) in [6.45, 7) is 2.51. The molecule has 3 heterocycles. The highest BCUT2D eigenvalue weighted by Gasteiger charge is 2.29. The fourth-order valence-electron chi connectivity index (χ4n) is 3.13. The number of benzene rings is 1. The zero-order valence-corrected chi connectivity index (χ0v) is 12.0. The van der Waals surface area contributed by atoms with Crippen molar-refractivity contribution in [1.82, 2.24) is 25.1 Å². The van der Waals surface area contributed by atoms with Crippen LogP contribution in [-0.2, 0) is 13.1 Å². The van der Waals surface area contributed by atoms with Crippen molar-refractivity contribution < 1.29 is 5.11 Å². The van der Waals surface area contributed by atoms with E-state index in [4.69, 9.17) is 0 Å². The second kappa shape index (κ2) is 5.31. The molecule has 4 rings (SSSR count). The summed E-state index contributed by atoms with van der Waals surface area (Å²) in [6, 6.07) is 9.43. The van der Waals surface area contributed by atoms with E-state index in [1.54, 1.807) is 18.6 Å². The lowest BCUT2D eigenvalue weighted by Crippen LogP contribution is -2.34. The molecule has 0 saturated carbocycles. The number of imidazole rings is 1. The maximum absolute atomic E-state index is 9.76. The lowest BCUT2D eigenvalue weighted by atomic mass is 9.90. The van der Waals surface area contributed by atoms with Crippen molar-refractivity contribution >= 4 is 0 Å². The molecule has 1 aliphatic heterocycles. The summed E-state index contributed by atoms with van der Waals surface area (Å²) < 4.78 is 0. The Kier molecular flexibility index (Phi) is 3.16. The molecule has 0 bridgehead atoms. The van der Waals surface area contributed by atoms with Gasteiger partial charge in [-0.25, -0.2) is 4.98 Å². The Balaban J connectivity index is 1.66. The van der Waals surface area contributed by atoms with E-state index >= 15 is 0 Å². The second-order valence-corrected chi connectivity index (χ2v) is 5.67. The maximum atomic E-state index is 9.76. The lowest BCUT2D eigenvalue weighted by molar-refractivity contribution is 0.225. The number of hydrogen-bond acceptors (Lipinski definition) is 4. The van der Waals surface area contributed by atoms with Crippen LogP contribution in [0.4, 0.5) is 0 Å². The van der Waals surface area contributed by atoms with Crippen molar-refractivity contribution in [3.63, 3.8) is 0 Å². The van der Waals surface area contributed by atoms with Crippen molar-refractivity contribution in [3.8, 4) is 5.75 Å². The monoisotopic (exact) mass is 295 g/mol. The number of phenols is 1. The molecule has 1 aliphatic rings. The molecular weight excluding hydrogens is 278 g/mol. The molecule has 1 atom stereocenters. The third-order valence-electron chi connectivity index (χ3n) is 4.13. The van der Waals surface area contributed by atoms with E-state index in [2.05, 4.69) is 25.1 Å². The van der Waals surface area contributed by atoms with Crippen LogP contribution in [0.2, 0.25) is 0 Å². The van der Waals surface area contributed by atoms with Crippen LogP contribution < -0.4 is 0 Å². The number of H-pyrrole nitrogens is 2. The molecule has 0 amide bonds. The Hall–Kier alpha value is -2.60. The van der Waals surface area contributed by atoms with Gasteiger partial charge in [0, 0.05) is 37.4 Å². The molecule has 1 unspecified atom stereocenters. The van der Waals surface area contributed by atoms with Gasteiger partial charge in [0.15, 0.2) is 0 Å². The largest absolute Gasteiger partial charge is 0.508 e. The van der Waals surface area contributed by atoms with Gasteiger partial charge in [0.05, 0.1) is 17.7 Å². The number of nitrogens with zero attached hydrogens (tertiary/aromatic N) is 3. The molecule has 22 heavy (non-hydrogen) atoms. The van der Waals surface area contributed by atoms with Crippen molar-refractivity contribution in [2.45, 2.75) is 19.0 Å². The van der Waals surface area contributed by atoms with E-state index in [1.807, 2.05) is 24.3 Å². The Bertz CT molecular complexity index is 764. The summed E-state index contributed by atoms with van der Waals surface area (Å²) in [7, 11) is 0. The number of nitrogens with one attached hydrogen (secondary N) is 2. The van der Waals surface area contributed by atoms with Gasteiger partial charge in [-0.2, -0.15) is 5.10 Å². The topological polar surface area (TPSA) is 80.8 Å². The highest BCUT2D eigenvalue weighted by molar-refractivity contribution is 5.37. The van der Waals surface area contributed by atoms with Crippen molar-refractivity contribution in [2.75, 3.05) is 6.54 Å². The molecule has 3 aromatic rings. The van der Waals surface area contributed by atoms with Crippen LogP contribution in [0.15, 0.2) is 42.9 Å². The predicted molar refractivity (Wildman–Crippen MR) is 81.2 cm³/mol. The highest BCUT2D eigenvalue weighted by Crippen LogP contribution is 2.33. The molecule has 0 saturated heterocycles. The number of fused-ring (bicyclic) bond motifs is 1. The number of aromatic amines is 2. The predicted octanol–water partition coefficient (Wildman–Crippen LogP) is 1.99. The summed E-state index contributed by atoms with van der Waals surface area (Å²) in [5.74, 6) is 0.449. The number of aromatic hydroxyl groups is 1. The summed E-state index contributed by atoms with van der Waals surface area (Å²) in [5.41, 5.74) is 4.39. The molecule has 3 N–H and O–H groups in total. The normalized spacial score (nSPS) is 18.3. The van der Waals surface area contributed by atoms with E-state index < -0.39 is 0 Å². The molecule has 0 radical (unpaired) electrons. The Labute approximate surface area is 127 Å². The molecule has 2 aromatic heterocycles. The Morgan fingerprint density at radius 2 is 2.27 bits per heavy atom. The van der Waals surface area contributed by atoms with E-state index in [-0.39, 0.29) is 5.92 Å². The van der Waals surface area contributed by atoms with Crippen LogP contribution in [0.5, 0.6) is 5.75 Å². The first-order chi connectivity index (χ1) is 10.8. The number of rotatable bonds is 3.